The maximum absolute atomic E-state index is 11.6. The number of hydrogen-bond acceptors (Lipinski definition) is 7. The van der Waals surface area contributed by atoms with E-state index in [2.05, 4.69) is 30.3 Å². The first-order valence-corrected chi connectivity index (χ1v) is 5.24. The van der Waals surface area contributed by atoms with Gasteiger partial charge in [-0.25, -0.2) is 19.4 Å². The van der Waals surface area contributed by atoms with Crippen molar-refractivity contribution in [1.29, 1.82) is 0 Å². The summed E-state index contributed by atoms with van der Waals surface area (Å²) in [5.74, 6) is -0.800. The highest BCUT2D eigenvalue weighted by Crippen LogP contribution is 1.98. The summed E-state index contributed by atoms with van der Waals surface area (Å²) in [4.78, 5) is 30.5. The summed E-state index contributed by atoms with van der Waals surface area (Å²) in [6.45, 7) is -0.109. The van der Waals surface area contributed by atoms with Crippen molar-refractivity contribution < 1.29 is 14.3 Å². The van der Waals surface area contributed by atoms with Gasteiger partial charge in [0.2, 0.25) is 11.9 Å². The first-order chi connectivity index (χ1) is 9.19. The first-order valence-electron chi connectivity index (χ1n) is 5.24. The van der Waals surface area contributed by atoms with E-state index in [1.807, 2.05) is 0 Å². The number of carbonyl (C=O) groups excluding carboxylic acids is 2. The Balaban J connectivity index is 1.96. The molecule has 2 aromatic heterocycles. The van der Waals surface area contributed by atoms with E-state index in [1.54, 1.807) is 6.07 Å². The van der Waals surface area contributed by atoms with Gasteiger partial charge < -0.3 is 4.74 Å². The van der Waals surface area contributed by atoms with E-state index in [0.717, 1.165) is 0 Å². The van der Waals surface area contributed by atoms with Crippen LogP contribution in [0.15, 0.2) is 24.7 Å². The fourth-order valence-corrected chi connectivity index (χ4v) is 1.25. The number of methoxy groups -OCH3 is 1. The van der Waals surface area contributed by atoms with Gasteiger partial charge in [0.05, 0.1) is 13.3 Å². The van der Waals surface area contributed by atoms with Crippen molar-refractivity contribution >= 4 is 17.8 Å². The molecule has 0 aliphatic heterocycles. The van der Waals surface area contributed by atoms with Gasteiger partial charge in [0.1, 0.15) is 6.54 Å². The molecule has 0 aliphatic rings. The summed E-state index contributed by atoms with van der Waals surface area (Å²) in [5, 5.41) is 9.68. The molecule has 0 atom stereocenters. The van der Waals surface area contributed by atoms with E-state index in [4.69, 9.17) is 0 Å². The van der Waals surface area contributed by atoms with E-state index in [1.165, 1.54) is 30.4 Å². The number of nitrogens with zero attached hydrogens (tertiary/aromatic N) is 5. The Morgan fingerprint density at radius 3 is 2.79 bits per heavy atom. The molecular formula is C10H10N6O3. The van der Waals surface area contributed by atoms with Crippen LogP contribution in [0.2, 0.25) is 0 Å². The Hall–Kier alpha value is -2.84. The molecular weight excluding hydrogens is 252 g/mol. The van der Waals surface area contributed by atoms with E-state index in [-0.39, 0.29) is 24.1 Å². The van der Waals surface area contributed by atoms with Crippen molar-refractivity contribution in [3.05, 3.63) is 30.4 Å². The second-order valence-electron chi connectivity index (χ2n) is 3.41. The van der Waals surface area contributed by atoms with Crippen LogP contribution in [0.4, 0.5) is 5.95 Å². The highest BCUT2D eigenvalue weighted by Gasteiger charge is 2.12. The molecule has 19 heavy (non-hydrogen) atoms. The molecule has 98 valence electrons. The molecule has 9 heteroatoms. The van der Waals surface area contributed by atoms with Gasteiger partial charge in [-0.15, -0.1) is 5.10 Å². The third-order valence-electron chi connectivity index (χ3n) is 2.06. The van der Waals surface area contributed by atoms with Gasteiger partial charge in [-0.1, -0.05) is 5.21 Å². The van der Waals surface area contributed by atoms with E-state index in [0.29, 0.717) is 0 Å². The quantitative estimate of drug-likeness (QED) is 0.738. The number of aromatic nitrogens is 5. The monoisotopic (exact) mass is 262 g/mol. The minimum Gasteiger partial charge on any atom is -0.464 e. The van der Waals surface area contributed by atoms with Gasteiger partial charge in [-0.2, -0.15) is 0 Å². The van der Waals surface area contributed by atoms with Crippen LogP contribution in [-0.4, -0.2) is 43.9 Å². The Morgan fingerprint density at radius 1 is 1.37 bits per heavy atom. The third kappa shape index (κ3) is 3.31. The van der Waals surface area contributed by atoms with Gasteiger partial charge in [0.25, 0.3) is 0 Å². The number of anilines is 1. The zero-order valence-electron chi connectivity index (χ0n) is 9.98. The topological polar surface area (TPSA) is 112 Å². The van der Waals surface area contributed by atoms with Crippen molar-refractivity contribution in [3.8, 4) is 0 Å². The molecule has 2 heterocycles. The molecule has 0 unspecified atom stereocenters. The number of esters is 1. The minimum absolute atomic E-state index is 0.0336. The smallest absolute Gasteiger partial charge is 0.360 e. The van der Waals surface area contributed by atoms with Crippen LogP contribution in [0, 0.1) is 0 Å². The second-order valence-corrected chi connectivity index (χ2v) is 3.41. The molecule has 1 N–H and O–H groups in total. The van der Waals surface area contributed by atoms with Crippen molar-refractivity contribution in [2.45, 2.75) is 6.54 Å². The molecule has 0 aliphatic carbocycles. The number of ether oxygens (including phenoxy) is 1. The predicted molar refractivity (Wildman–Crippen MR) is 62.0 cm³/mol. The summed E-state index contributed by atoms with van der Waals surface area (Å²) in [6.07, 6.45) is 4.33. The molecule has 9 nitrogen and oxygen atoms in total. The fraction of sp³-hybridized carbons (Fsp3) is 0.200. The largest absolute Gasteiger partial charge is 0.464 e. The van der Waals surface area contributed by atoms with Gasteiger partial charge >= 0.3 is 5.97 Å². The zero-order chi connectivity index (χ0) is 13.7. The van der Waals surface area contributed by atoms with Gasteiger partial charge in [-0.05, 0) is 6.07 Å². The van der Waals surface area contributed by atoms with Gasteiger partial charge in [-0.3, -0.25) is 10.1 Å². The average molecular weight is 262 g/mol. The standard InChI is InChI=1S/C10H10N6O3/c1-19-9(18)7-5-16(15-14-7)6-8(17)13-10-11-3-2-4-12-10/h2-5H,6H2,1H3,(H,11,12,13,17). The molecule has 0 bridgehead atoms. The number of rotatable bonds is 4. The Morgan fingerprint density at radius 2 is 2.11 bits per heavy atom. The molecule has 0 saturated carbocycles. The van der Waals surface area contributed by atoms with Crippen LogP contribution in [-0.2, 0) is 16.1 Å². The number of amides is 1. The Labute approximate surface area is 107 Å². The lowest BCUT2D eigenvalue weighted by Crippen LogP contribution is -2.20. The molecule has 2 rings (SSSR count). The molecule has 0 aromatic carbocycles. The van der Waals surface area contributed by atoms with E-state index < -0.39 is 5.97 Å². The minimum atomic E-state index is -0.613. The maximum atomic E-state index is 11.6. The van der Waals surface area contributed by atoms with Crippen LogP contribution in [0.25, 0.3) is 0 Å². The molecule has 1 amide bonds. The van der Waals surface area contributed by atoms with E-state index in [9.17, 15) is 9.59 Å². The number of nitrogens with one attached hydrogen (secondary N) is 1. The SMILES string of the molecule is COC(=O)c1cn(CC(=O)Nc2ncccn2)nn1. The molecule has 0 saturated heterocycles. The lowest BCUT2D eigenvalue weighted by molar-refractivity contribution is -0.117. The Bertz CT molecular complexity index is 582. The van der Waals surface area contributed by atoms with Crippen LogP contribution in [0.1, 0.15) is 10.5 Å². The lowest BCUT2D eigenvalue weighted by Gasteiger charge is -2.01. The Kier molecular flexibility index (Phi) is 3.76. The third-order valence-corrected chi connectivity index (χ3v) is 2.06. The average Bonchev–Trinajstić information content (AvgIpc) is 2.87. The highest BCUT2D eigenvalue weighted by atomic mass is 16.5. The molecule has 0 radical (unpaired) electrons. The van der Waals surface area contributed by atoms with E-state index >= 15 is 0 Å². The fourth-order valence-electron chi connectivity index (χ4n) is 1.25. The first kappa shape index (κ1) is 12.6. The van der Waals surface area contributed by atoms with Crippen molar-refractivity contribution in [3.63, 3.8) is 0 Å². The van der Waals surface area contributed by atoms with Crippen LogP contribution in [0.5, 0.6) is 0 Å². The van der Waals surface area contributed by atoms with Crippen molar-refractivity contribution in [2.75, 3.05) is 12.4 Å². The maximum Gasteiger partial charge on any atom is 0.360 e. The second kappa shape index (κ2) is 5.67. The molecule has 2 aromatic rings. The summed E-state index contributed by atoms with van der Waals surface area (Å²) >= 11 is 0. The molecule has 0 spiro atoms. The van der Waals surface area contributed by atoms with Crippen LogP contribution >= 0.6 is 0 Å². The molecule has 0 fully saturated rings. The highest BCUT2D eigenvalue weighted by molar-refractivity contribution is 5.89. The van der Waals surface area contributed by atoms with Gasteiger partial charge in [0, 0.05) is 12.4 Å². The zero-order valence-corrected chi connectivity index (χ0v) is 9.98. The number of hydrogen-bond donors (Lipinski definition) is 1. The predicted octanol–water partition coefficient (Wildman–Crippen LogP) is -0.507. The summed E-state index contributed by atoms with van der Waals surface area (Å²) < 4.78 is 5.69. The van der Waals surface area contributed by atoms with Crippen LogP contribution < -0.4 is 5.32 Å². The summed E-state index contributed by atoms with van der Waals surface area (Å²) in [7, 11) is 1.24. The summed E-state index contributed by atoms with van der Waals surface area (Å²) in [5.41, 5.74) is 0.0336. The van der Waals surface area contributed by atoms with Crippen molar-refractivity contribution in [2.24, 2.45) is 0 Å². The summed E-state index contributed by atoms with van der Waals surface area (Å²) in [6, 6.07) is 1.63. The van der Waals surface area contributed by atoms with Crippen LogP contribution in [0.3, 0.4) is 0 Å². The lowest BCUT2D eigenvalue weighted by atomic mass is 10.5. The normalized spacial score (nSPS) is 9.95. The number of carbonyl (C=O) groups is 2. The van der Waals surface area contributed by atoms with Crippen molar-refractivity contribution in [1.82, 2.24) is 25.0 Å². The van der Waals surface area contributed by atoms with Gasteiger partial charge in [0.15, 0.2) is 5.69 Å².